The summed E-state index contributed by atoms with van der Waals surface area (Å²) in [7, 11) is 0. The summed E-state index contributed by atoms with van der Waals surface area (Å²) in [5.41, 5.74) is 0.0902. The van der Waals surface area contributed by atoms with E-state index >= 15 is 0 Å². The Hall–Kier alpha value is -1.31. The molecule has 3 rings (SSSR count). The van der Waals surface area contributed by atoms with E-state index in [4.69, 9.17) is 4.74 Å². The second kappa shape index (κ2) is 7.72. The second-order valence-corrected chi connectivity index (χ2v) is 6.33. The Kier molecular flexibility index (Phi) is 5.63. The SMILES string of the molecule is FC(F)(F)c1cccc(N2CCN(CCN3CCOCC3)CC2)c1. The molecule has 0 bridgehead atoms. The Balaban J connectivity index is 1.48. The molecule has 2 aliphatic heterocycles. The van der Waals surface area contributed by atoms with Crippen LogP contribution in [-0.2, 0) is 10.9 Å². The van der Waals surface area contributed by atoms with E-state index in [2.05, 4.69) is 9.80 Å². The molecule has 0 unspecified atom stereocenters. The summed E-state index contributed by atoms with van der Waals surface area (Å²) in [6, 6.07) is 5.63. The van der Waals surface area contributed by atoms with Crippen molar-refractivity contribution in [2.75, 3.05) is 70.5 Å². The van der Waals surface area contributed by atoms with Gasteiger partial charge in [-0.15, -0.1) is 0 Å². The molecule has 2 aliphatic rings. The molecule has 0 spiro atoms. The summed E-state index contributed by atoms with van der Waals surface area (Å²) in [6.45, 7) is 8.96. The van der Waals surface area contributed by atoms with Crippen molar-refractivity contribution in [2.45, 2.75) is 6.18 Å². The lowest BCUT2D eigenvalue weighted by atomic mass is 10.1. The van der Waals surface area contributed by atoms with Crippen molar-refractivity contribution in [3.05, 3.63) is 29.8 Å². The fourth-order valence-electron chi connectivity index (χ4n) is 3.22. The number of alkyl halides is 3. The van der Waals surface area contributed by atoms with Gasteiger partial charge in [-0.2, -0.15) is 13.2 Å². The van der Waals surface area contributed by atoms with Gasteiger partial charge in [-0.3, -0.25) is 9.80 Å². The standard InChI is InChI=1S/C17H24F3N3O/c18-17(19,20)15-2-1-3-16(14-15)23-8-6-21(7-9-23)4-5-22-10-12-24-13-11-22/h1-3,14H,4-13H2. The van der Waals surface area contributed by atoms with E-state index in [0.717, 1.165) is 71.6 Å². The lowest BCUT2D eigenvalue weighted by Crippen LogP contribution is -2.49. The summed E-state index contributed by atoms with van der Waals surface area (Å²) in [5, 5.41) is 0. The summed E-state index contributed by atoms with van der Waals surface area (Å²) in [6.07, 6.45) is -4.28. The van der Waals surface area contributed by atoms with E-state index in [-0.39, 0.29) is 0 Å². The third kappa shape index (κ3) is 4.62. The molecule has 2 heterocycles. The van der Waals surface area contributed by atoms with Crippen LogP contribution in [0.2, 0.25) is 0 Å². The average Bonchev–Trinajstić information content (AvgIpc) is 2.61. The molecule has 0 radical (unpaired) electrons. The second-order valence-electron chi connectivity index (χ2n) is 6.33. The summed E-state index contributed by atoms with van der Waals surface area (Å²) < 4.78 is 43.8. The van der Waals surface area contributed by atoms with Gasteiger partial charge in [0.1, 0.15) is 0 Å². The first kappa shape index (κ1) is 17.5. The van der Waals surface area contributed by atoms with E-state index in [0.29, 0.717) is 5.69 Å². The van der Waals surface area contributed by atoms with Crippen molar-refractivity contribution in [3.63, 3.8) is 0 Å². The number of halogens is 3. The molecular formula is C17H24F3N3O. The maximum Gasteiger partial charge on any atom is 0.416 e. The number of morpholine rings is 1. The fraction of sp³-hybridized carbons (Fsp3) is 0.647. The fourth-order valence-corrected chi connectivity index (χ4v) is 3.22. The van der Waals surface area contributed by atoms with Crippen molar-refractivity contribution < 1.29 is 17.9 Å². The zero-order chi connectivity index (χ0) is 17.0. The zero-order valence-electron chi connectivity index (χ0n) is 13.8. The van der Waals surface area contributed by atoms with Gasteiger partial charge >= 0.3 is 6.18 Å². The first-order chi connectivity index (χ1) is 11.5. The number of hydrogen-bond donors (Lipinski definition) is 0. The molecular weight excluding hydrogens is 319 g/mol. The molecule has 0 aromatic heterocycles. The van der Waals surface area contributed by atoms with Crippen LogP contribution >= 0.6 is 0 Å². The zero-order valence-corrected chi connectivity index (χ0v) is 13.8. The largest absolute Gasteiger partial charge is 0.416 e. The van der Waals surface area contributed by atoms with Crippen molar-refractivity contribution in [1.82, 2.24) is 9.80 Å². The molecule has 1 aromatic carbocycles. The number of benzene rings is 1. The van der Waals surface area contributed by atoms with Gasteiger partial charge in [0.15, 0.2) is 0 Å². The number of piperazine rings is 1. The topological polar surface area (TPSA) is 19.0 Å². The van der Waals surface area contributed by atoms with E-state index in [9.17, 15) is 13.2 Å². The highest BCUT2D eigenvalue weighted by molar-refractivity contribution is 5.49. The molecule has 0 atom stereocenters. The van der Waals surface area contributed by atoms with Gasteiger partial charge in [-0.05, 0) is 18.2 Å². The van der Waals surface area contributed by atoms with Crippen LogP contribution in [0.4, 0.5) is 18.9 Å². The van der Waals surface area contributed by atoms with Crippen LogP contribution in [0.3, 0.4) is 0 Å². The van der Waals surface area contributed by atoms with Crippen LogP contribution in [0.1, 0.15) is 5.56 Å². The van der Waals surface area contributed by atoms with Gasteiger partial charge in [-0.1, -0.05) is 6.07 Å². The van der Waals surface area contributed by atoms with Gasteiger partial charge in [0.2, 0.25) is 0 Å². The molecule has 0 N–H and O–H groups in total. The molecule has 0 saturated carbocycles. The normalized spacial score (nSPS) is 21.2. The summed E-state index contributed by atoms with van der Waals surface area (Å²) in [4.78, 5) is 6.84. The highest BCUT2D eigenvalue weighted by Crippen LogP contribution is 2.31. The minimum absolute atomic E-state index is 0.574. The third-order valence-corrected chi connectivity index (χ3v) is 4.75. The van der Waals surface area contributed by atoms with E-state index in [1.54, 1.807) is 6.07 Å². The van der Waals surface area contributed by atoms with Crippen LogP contribution in [0.25, 0.3) is 0 Å². The van der Waals surface area contributed by atoms with Crippen molar-refractivity contribution in [2.24, 2.45) is 0 Å². The number of anilines is 1. The van der Waals surface area contributed by atoms with Crippen LogP contribution in [0, 0.1) is 0 Å². The molecule has 134 valence electrons. The summed E-state index contributed by atoms with van der Waals surface area (Å²) in [5.74, 6) is 0. The monoisotopic (exact) mass is 343 g/mol. The molecule has 7 heteroatoms. The average molecular weight is 343 g/mol. The third-order valence-electron chi connectivity index (χ3n) is 4.75. The summed E-state index contributed by atoms with van der Waals surface area (Å²) >= 11 is 0. The van der Waals surface area contributed by atoms with Crippen molar-refractivity contribution in [1.29, 1.82) is 0 Å². The van der Waals surface area contributed by atoms with Crippen molar-refractivity contribution >= 4 is 5.69 Å². The van der Waals surface area contributed by atoms with Crippen LogP contribution in [0.5, 0.6) is 0 Å². The van der Waals surface area contributed by atoms with Crippen LogP contribution in [0.15, 0.2) is 24.3 Å². The molecule has 2 saturated heterocycles. The Bertz CT molecular complexity index is 524. The first-order valence-electron chi connectivity index (χ1n) is 8.47. The van der Waals surface area contributed by atoms with E-state index in [1.807, 2.05) is 4.90 Å². The molecule has 0 aliphatic carbocycles. The Morgan fingerprint density at radius 2 is 1.50 bits per heavy atom. The highest BCUT2D eigenvalue weighted by atomic mass is 19.4. The Labute approximate surface area is 140 Å². The van der Waals surface area contributed by atoms with Crippen LogP contribution in [-0.4, -0.2) is 75.4 Å². The molecule has 24 heavy (non-hydrogen) atoms. The van der Waals surface area contributed by atoms with Gasteiger partial charge in [0, 0.05) is 58.0 Å². The molecule has 2 fully saturated rings. The number of rotatable bonds is 4. The van der Waals surface area contributed by atoms with Gasteiger partial charge < -0.3 is 9.64 Å². The lowest BCUT2D eigenvalue weighted by Gasteiger charge is -2.37. The quantitative estimate of drug-likeness (QED) is 0.834. The van der Waals surface area contributed by atoms with Crippen LogP contribution < -0.4 is 4.90 Å². The Morgan fingerprint density at radius 3 is 2.12 bits per heavy atom. The maximum absolute atomic E-state index is 12.8. The minimum atomic E-state index is -4.28. The Morgan fingerprint density at radius 1 is 0.875 bits per heavy atom. The number of hydrogen-bond acceptors (Lipinski definition) is 4. The lowest BCUT2D eigenvalue weighted by molar-refractivity contribution is -0.137. The predicted octanol–water partition coefficient (Wildman–Crippen LogP) is 2.16. The number of nitrogens with zero attached hydrogens (tertiary/aromatic N) is 3. The smallest absolute Gasteiger partial charge is 0.379 e. The maximum atomic E-state index is 12.8. The molecule has 4 nitrogen and oxygen atoms in total. The minimum Gasteiger partial charge on any atom is -0.379 e. The predicted molar refractivity (Wildman–Crippen MR) is 87.4 cm³/mol. The molecule has 1 aromatic rings. The first-order valence-corrected chi connectivity index (χ1v) is 8.47. The highest BCUT2D eigenvalue weighted by Gasteiger charge is 2.31. The van der Waals surface area contributed by atoms with E-state index in [1.165, 1.54) is 12.1 Å². The van der Waals surface area contributed by atoms with Gasteiger partial charge in [-0.25, -0.2) is 0 Å². The molecule has 0 amide bonds. The van der Waals surface area contributed by atoms with Crippen molar-refractivity contribution in [3.8, 4) is 0 Å². The van der Waals surface area contributed by atoms with Gasteiger partial charge in [0.25, 0.3) is 0 Å². The van der Waals surface area contributed by atoms with E-state index < -0.39 is 11.7 Å². The number of ether oxygens (including phenoxy) is 1. The van der Waals surface area contributed by atoms with Gasteiger partial charge in [0.05, 0.1) is 18.8 Å².